The third kappa shape index (κ3) is 50.8. The molecule has 0 saturated carbocycles. The molecule has 1 N–H and O–H groups in total. The second kappa shape index (κ2) is 8.49. The summed E-state index contributed by atoms with van der Waals surface area (Å²) in [6.45, 7) is 2.62. The fraction of sp³-hybridized carbons (Fsp3) is 0.833. The fourth-order valence-corrected chi connectivity index (χ4v) is 0.249. The zero-order valence-corrected chi connectivity index (χ0v) is 7.56. The summed E-state index contributed by atoms with van der Waals surface area (Å²) in [4.78, 5) is 11.9. The van der Waals surface area contributed by atoms with Crippen LogP contribution in [-0.4, -0.2) is 46.2 Å². The zero-order valence-electron chi connectivity index (χ0n) is 7.56. The van der Waals surface area contributed by atoms with E-state index in [1.807, 2.05) is 33.0 Å². The summed E-state index contributed by atoms with van der Waals surface area (Å²) in [5.41, 5.74) is 0. The van der Waals surface area contributed by atoms with E-state index < -0.39 is 0 Å². The van der Waals surface area contributed by atoms with E-state index in [1.54, 1.807) is 0 Å². The monoisotopic (exact) mass is 144 g/mol. The van der Waals surface area contributed by atoms with Crippen LogP contribution in [0.2, 0.25) is 0 Å². The van der Waals surface area contributed by atoms with Gasteiger partial charge in [-0.1, -0.05) is 0 Å². The van der Waals surface area contributed by atoms with Crippen LogP contribution in [0.3, 0.4) is 0 Å². The number of hydrogen-bond donors (Lipinski definition) is 1. The summed E-state index contributed by atoms with van der Waals surface area (Å²) in [7, 11) is 7.50. The lowest BCUT2D eigenvalue weighted by Crippen LogP contribution is -2.20. The Kier molecular flexibility index (Phi) is 10.4. The topological polar surface area (TPSA) is 32.3 Å². The molecule has 0 aliphatic carbocycles. The number of nitrogens with one attached hydrogen (secondary N) is 1. The van der Waals surface area contributed by atoms with E-state index in [4.69, 9.17) is 0 Å². The summed E-state index contributed by atoms with van der Waals surface area (Å²) in [6.07, 6.45) is 0. The molecule has 0 saturated heterocycles. The first kappa shape index (κ1) is 12.2. The van der Waals surface area contributed by atoms with Gasteiger partial charge in [0.05, 0.1) is 0 Å². The SMILES string of the molecule is BC(=O)NCC.CN(C)C. The van der Waals surface area contributed by atoms with E-state index in [1.165, 1.54) is 7.85 Å². The highest BCUT2D eigenvalue weighted by atomic mass is 16.1. The predicted molar refractivity (Wildman–Crippen MR) is 47.2 cm³/mol. The average Bonchev–Trinajstić information content (AvgIpc) is 1.62. The number of carbonyl (C=O) groups excluding carboxylic acids is 1. The van der Waals surface area contributed by atoms with Crippen molar-refractivity contribution in [1.29, 1.82) is 0 Å². The Bertz CT molecular complexity index is 83.1. The number of rotatable bonds is 1. The Balaban J connectivity index is 0. The normalized spacial score (nSPS) is 8.10. The van der Waals surface area contributed by atoms with Gasteiger partial charge in [0.1, 0.15) is 0 Å². The van der Waals surface area contributed by atoms with Crippen LogP contribution >= 0.6 is 0 Å². The third-order valence-corrected chi connectivity index (χ3v) is 0.426. The van der Waals surface area contributed by atoms with Crippen LogP contribution in [0, 0.1) is 0 Å². The van der Waals surface area contributed by atoms with Gasteiger partial charge in [0.2, 0.25) is 7.85 Å². The Morgan fingerprint density at radius 1 is 1.50 bits per heavy atom. The first-order valence-electron chi connectivity index (χ1n) is 3.36. The van der Waals surface area contributed by atoms with E-state index in [-0.39, 0.29) is 5.81 Å². The molecule has 0 aliphatic heterocycles. The lowest BCUT2D eigenvalue weighted by Gasteiger charge is -1.90. The molecule has 0 spiro atoms. The maximum Gasteiger partial charge on any atom is 0.215 e. The molecule has 0 heterocycles. The molecule has 0 aliphatic rings. The molecule has 0 bridgehead atoms. The van der Waals surface area contributed by atoms with Crippen molar-refractivity contribution in [3.8, 4) is 0 Å². The van der Waals surface area contributed by atoms with Crippen molar-refractivity contribution in [3.63, 3.8) is 0 Å². The van der Waals surface area contributed by atoms with Gasteiger partial charge in [-0.05, 0) is 28.1 Å². The summed E-state index contributed by atoms with van der Waals surface area (Å²) < 4.78 is 0. The number of nitrogens with zero attached hydrogens (tertiary/aromatic N) is 1. The maximum atomic E-state index is 9.93. The molecule has 0 aromatic carbocycles. The van der Waals surface area contributed by atoms with Gasteiger partial charge in [0.15, 0.2) is 5.81 Å². The molecule has 3 nitrogen and oxygen atoms in total. The molecule has 0 radical (unpaired) electrons. The molecule has 0 fully saturated rings. The molecule has 10 heavy (non-hydrogen) atoms. The van der Waals surface area contributed by atoms with Gasteiger partial charge in [0.25, 0.3) is 0 Å². The number of amides is 1. The Morgan fingerprint density at radius 3 is 1.80 bits per heavy atom. The van der Waals surface area contributed by atoms with E-state index in [0.29, 0.717) is 0 Å². The Hall–Kier alpha value is -0.505. The van der Waals surface area contributed by atoms with Gasteiger partial charge in [-0.15, -0.1) is 0 Å². The van der Waals surface area contributed by atoms with Gasteiger partial charge in [-0.3, -0.25) is 4.79 Å². The molecule has 0 atom stereocenters. The maximum absolute atomic E-state index is 9.93. The Labute approximate surface area is 64.2 Å². The van der Waals surface area contributed by atoms with Crippen LogP contribution < -0.4 is 5.32 Å². The predicted octanol–water partition coefficient (Wildman–Crippen LogP) is -0.473. The molecule has 0 aromatic heterocycles. The molecule has 60 valence electrons. The first-order chi connectivity index (χ1) is 4.50. The second-order valence-electron chi connectivity index (χ2n) is 2.43. The van der Waals surface area contributed by atoms with Crippen LogP contribution in [0.25, 0.3) is 0 Å². The van der Waals surface area contributed by atoms with Crippen molar-refractivity contribution >= 4 is 13.7 Å². The summed E-state index contributed by atoms with van der Waals surface area (Å²) in [6, 6.07) is 0. The number of carbonyl (C=O) groups is 1. The van der Waals surface area contributed by atoms with Crippen LogP contribution in [0.4, 0.5) is 4.79 Å². The van der Waals surface area contributed by atoms with Crippen LogP contribution in [0.5, 0.6) is 0 Å². The van der Waals surface area contributed by atoms with Crippen molar-refractivity contribution in [2.24, 2.45) is 0 Å². The highest BCUT2D eigenvalue weighted by Gasteiger charge is 1.79. The van der Waals surface area contributed by atoms with Crippen molar-refractivity contribution in [2.45, 2.75) is 6.92 Å². The smallest absolute Gasteiger partial charge is 0.215 e. The lowest BCUT2D eigenvalue weighted by atomic mass is 10.1. The van der Waals surface area contributed by atoms with Crippen LogP contribution in [0.15, 0.2) is 0 Å². The summed E-state index contributed by atoms with van der Waals surface area (Å²) >= 11 is 0. The third-order valence-electron chi connectivity index (χ3n) is 0.426. The van der Waals surface area contributed by atoms with Crippen molar-refractivity contribution in [1.82, 2.24) is 10.2 Å². The molecule has 4 heteroatoms. The van der Waals surface area contributed by atoms with Gasteiger partial charge >= 0.3 is 0 Å². The number of hydrogen-bond acceptors (Lipinski definition) is 2. The van der Waals surface area contributed by atoms with E-state index in [0.717, 1.165) is 6.54 Å². The quantitative estimate of drug-likeness (QED) is 0.504. The average molecular weight is 144 g/mol. The van der Waals surface area contributed by atoms with E-state index in [2.05, 4.69) is 5.32 Å². The molecule has 1 amide bonds. The lowest BCUT2D eigenvalue weighted by molar-refractivity contribution is 0.260. The van der Waals surface area contributed by atoms with Gasteiger partial charge in [-0.25, -0.2) is 0 Å². The van der Waals surface area contributed by atoms with Crippen molar-refractivity contribution in [2.75, 3.05) is 27.7 Å². The molecule has 0 unspecified atom stereocenters. The fourth-order valence-electron chi connectivity index (χ4n) is 0.249. The minimum atomic E-state index is 0.0394. The second-order valence-corrected chi connectivity index (χ2v) is 2.43. The first-order valence-corrected chi connectivity index (χ1v) is 3.36. The van der Waals surface area contributed by atoms with Gasteiger partial charge in [-0.2, -0.15) is 0 Å². The molecule has 0 rings (SSSR count). The standard InChI is InChI=1S/C3H8BNO.C3H9N/c1-2-5-3(4)6;1-4(2)3/h2,4H2,1H3,(H,5,6);1-3H3. The van der Waals surface area contributed by atoms with Crippen LogP contribution in [0.1, 0.15) is 6.92 Å². The summed E-state index contributed by atoms with van der Waals surface area (Å²) in [5.74, 6) is 0.0394. The largest absolute Gasteiger partial charge is 0.366 e. The minimum Gasteiger partial charge on any atom is -0.366 e. The van der Waals surface area contributed by atoms with Gasteiger partial charge < -0.3 is 10.2 Å². The van der Waals surface area contributed by atoms with Gasteiger partial charge in [0, 0.05) is 6.54 Å². The van der Waals surface area contributed by atoms with Crippen molar-refractivity contribution < 1.29 is 4.79 Å². The molecular formula is C6H17BN2O. The van der Waals surface area contributed by atoms with E-state index in [9.17, 15) is 4.79 Å². The minimum absolute atomic E-state index is 0.0394. The molecular weight excluding hydrogens is 127 g/mol. The van der Waals surface area contributed by atoms with Crippen molar-refractivity contribution in [3.05, 3.63) is 0 Å². The Morgan fingerprint density at radius 2 is 1.80 bits per heavy atom. The summed E-state index contributed by atoms with van der Waals surface area (Å²) in [5, 5.41) is 2.57. The molecule has 0 aromatic rings. The highest BCUT2D eigenvalue weighted by molar-refractivity contribution is 6.57. The zero-order chi connectivity index (χ0) is 8.57. The van der Waals surface area contributed by atoms with E-state index >= 15 is 0 Å². The highest BCUT2D eigenvalue weighted by Crippen LogP contribution is 1.53. The van der Waals surface area contributed by atoms with Crippen LogP contribution in [-0.2, 0) is 0 Å².